The summed E-state index contributed by atoms with van der Waals surface area (Å²) in [5, 5.41) is 11.2. The Morgan fingerprint density at radius 2 is 1.47 bits per heavy atom. The molecule has 0 radical (unpaired) electrons. The number of hydrogen-bond donors (Lipinski definition) is 1. The number of rotatable bonds is 8. The van der Waals surface area contributed by atoms with Crippen LogP contribution in [0.1, 0.15) is 77.8 Å². The first-order valence-corrected chi connectivity index (χ1v) is 11.5. The predicted molar refractivity (Wildman–Crippen MR) is 122 cm³/mol. The van der Waals surface area contributed by atoms with E-state index in [4.69, 9.17) is 9.47 Å². The van der Waals surface area contributed by atoms with Crippen LogP contribution in [0.2, 0.25) is 0 Å². The number of ether oxygens (including phenoxy) is 2. The van der Waals surface area contributed by atoms with Crippen LogP contribution < -0.4 is 0 Å². The highest BCUT2D eigenvalue weighted by molar-refractivity contribution is 6.02. The van der Waals surface area contributed by atoms with Gasteiger partial charge in [0.25, 0.3) is 0 Å². The molecule has 178 valence electrons. The number of aliphatic hydroxyl groups is 1. The molecule has 2 rings (SSSR count). The van der Waals surface area contributed by atoms with E-state index in [1.807, 2.05) is 52.0 Å². The van der Waals surface area contributed by atoms with Crippen molar-refractivity contribution >= 4 is 17.7 Å². The van der Waals surface area contributed by atoms with Gasteiger partial charge in [-0.25, -0.2) is 0 Å². The van der Waals surface area contributed by atoms with Crippen LogP contribution in [0, 0.1) is 23.7 Å². The standard InChI is InChI=1S/C26H38O6/c1-15(2)13-31-24(28)22-20(27)12-26(7,30)23(25(29)32-14-16(3)4)21(22)19-10-8-18(9-11-19)17(5)6/h8-11,15-17,21-23,30H,12-14H2,1-7H3/t21-,22+,23+,26-/m0/s1. The average molecular weight is 447 g/mol. The van der Waals surface area contributed by atoms with Crippen molar-refractivity contribution in [3.05, 3.63) is 35.4 Å². The Morgan fingerprint density at radius 3 is 1.94 bits per heavy atom. The van der Waals surface area contributed by atoms with E-state index in [9.17, 15) is 19.5 Å². The third kappa shape index (κ3) is 6.18. The molecule has 4 atom stereocenters. The Hall–Kier alpha value is -2.21. The van der Waals surface area contributed by atoms with Gasteiger partial charge >= 0.3 is 11.9 Å². The summed E-state index contributed by atoms with van der Waals surface area (Å²) < 4.78 is 10.9. The van der Waals surface area contributed by atoms with Crippen LogP contribution in [-0.4, -0.2) is 41.6 Å². The summed E-state index contributed by atoms with van der Waals surface area (Å²) in [6.45, 7) is 13.7. The number of benzene rings is 1. The van der Waals surface area contributed by atoms with Crippen LogP contribution in [0.5, 0.6) is 0 Å². The first-order chi connectivity index (χ1) is 14.8. The van der Waals surface area contributed by atoms with E-state index in [-0.39, 0.29) is 31.5 Å². The number of ketones is 1. The smallest absolute Gasteiger partial charge is 0.317 e. The predicted octanol–water partition coefficient (Wildman–Crippen LogP) is 4.25. The molecule has 0 amide bonds. The van der Waals surface area contributed by atoms with E-state index in [1.54, 1.807) is 0 Å². The van der Waals surface area contributed by atoms with Crippen molar-refractivity contribution in [3.63, 3.8) is 0 Å². The molecule has 0 heterocycles. The molecule has 1 N–H and O–H groups in total. The maximum Gasteiger partial charge on any atom is 0.317 e. The zero-order valence-corrected chi connectivity index (χ0v) is 20.4. The average Bonchev–Trinajstić information content (AvgIpc) is 2.69. The summed E-state index contributed by atoms with van der Waals surface area (Å²) in [6, 6.07) is 7.53. The highest BCUT2D eigenvalue weighted by atomic mass is 16.5. The number of esters is 2. The number of carbonyl (C=O) groups is 3. The van der Waals surface area contributed by atoms with Gasteiger partial charge in [-0.05, 0) is 35.8 Å². The van der Waals surface area contributed by atoms with Crippen molar-refractivity contribution in [1.82, 2.24) is 0 Å². The second kappa shape index (κ2) is 10.6. The molecule has 6 heteroatoms. The van der Waals surface area contributed by atoms with Crippen molar-refractivity contribution in [3.8, 4) is 0 Å². The fourth-order valence-electron chi connectivity index (χ4n) is 4.20. The fourth-order valence-corrected chi connectivity index (χ4v) is 4.20. The number of Topliss-reactive ketones (excluding diaryl/α,β-unsaturated/α-hetero) is 1. The molecule has 0 unspecified atom stereocenters. The molecule has 32 heavy (non-hydrogen) atoms. The SMILES string of the molecule is CC(C)COC(=O)[C@@H]1C(=O)C[C@](C)(O)[C@@H](C(=O)OCC(C)C)[C@H]1c1ccc(C(C)C)cc1. The largest absolute Gasteiger partial charge is 0.465 e. The van der Waals surface area contributed by atoms with E-state index in [1.165, 1.54) is 6.92 Å². The second-order valence-corrected chi connectivity index (χ2v) is 10.4. The fraction of sp³-hybridized carbons (Fsp3) is 0.654. The van der Waals surface area contributed by atoms with Crippen LogP contribution in [0.15, 0.2) is 24.3 Å². The summed E-state index contributed by atoms with van der Waals surface area (Å²) in [6.07, 6.45) is -0.309. The molecule has 6 nitrogen and oxygen atoms in total. The van der Waals surface area contributed by atoms with Crippen LogP contribution in [-0.2, 0) is 23.9 Å². The highest BCUT2D eigenvalue weighted by Crippen LogP contribution is 2.47. The van der Waals surface area contributed by atoms with Crippen molar-refractivity contribution < 1.29 is 29.0 Å². The Morgan fingerprint density at radius 1 is 0.969 bits per heavy atom. The zero-order chi connectivity index (χ0) is 24.2. The molecule has 1 aliphatic carbocycles. The summed E-state index contributed by atoms with van der Waals surface area (Å²) in [4.78, 5) is 39.3. The first-order valence-electron chi connectivity index (χ1n) is 11.5. The lowest BCUT2D eigenvalue weighted by atomic mass is 9.61. The van der Waals surface area contributed by atoms with Crippen LogP contribution in [0.4, 0.5) is 0 Å². The van der Waals surface area contributed by atoms with Crippen LogP contribution >= 0.6 is 0 Å². The highest BCUT2D eigenvalue weighted by Gasteiger charge is 2.57. The zero-order valence-electron chi connectivity index (χ0n) is 20.4. The van der Waals surface area contributed by atoms with Gasteiger partial charge in [0.15, 0.2) is 5.78 Å². The van der Waals surface area contributed by atoms with Gasteiger partial charge in [-0.1, -0.05) is 65.8 Å². The van der Waals surface area contributed by atoms with Gasteiger partial charge in [-0.3, -0.25) is 14.4 Å². The van der Waals surface area contributed by atoms with Gasteiger partial charge in [0.2, 0.25) is 0 Å². The Labute approximate surface area is 191 Å². The van der Waals surface area contributed by atoms with E-state index in [2.05, 4.69) is 13.8 Å². The minimum Gasteiger partial charge on any atom is -0.465 e. The topological polar surface area (TPSA) is 89.9 Å². The summed E-state index contributed by atoms with van der Waals surface area (Å²) >= 11 is 0. The van der Waals surface area contributed by atoms with Gasteiger partial charge in [0.05, 0.1) is 24.7 Å². The Balaban J connectivity index is 2.54. The van der Waals surface area contributed by atoms with Gasteiger partial charge in [0, 0.05) is 12.3 Å². The molecule has 0 spiro atoms. The van der Waals surface area contributed by atoms with Crippen molar-refractivity contribution in [2.75, 3.05) is 13.2 Å². The Bertz CT molecular complexity index is 806. The van der Waals surface area contributed by atoms with Crippen LogP contribution in [0.3, 0.4) is 0 Å². The first kappa shape index (κ1) is 26.0. The second-order valence-electron chi connectivity index (χ2n) is 10.4. The van der Waals surface area contributed by atoms with Crippen LogP contribution in [0.25, 0.3) is 0 Å². The lowest BCUT2D eigenvalue weighted by Gasteiger charge is -2.43. The Kier molecular flexibility index (Phi) is 8.63. The third-order valence-electron chi connectivity index (χ3n) is 5.88. The molecular formula is C26H38O6. The monoisotopic (exact) mass is 446 g/mol. The molecule has 1 aromatic carbocycles. The maximum atomic E-state index is 13.2. The number of hydrogen-bond acceptors (Lipinski definition) is 6. The van der Waals surface area contributed by atoms with Gasteiger partial charge in [0.1, 0.15) is 5.92 Å². The van der Waals surface area contributed by atoms with Crippen molar-refractivity contribution in [1.29, 1.82) is 0 Å². The molecule has 0 aliphatic heterocycles. The van der Waals surface area contributed by atoms with E-state index in [0.29, 0.717) is 11.5 Å². The van der Waals surface area contributed by atoms with Gasteiger partial charge in [-0.2, -0.15) is 0 Å². The summed E-state index contributed by atoms with van der Waals surface area (Å²) in [7, 11) is 0. The minimum absolute atomic E-state index is 0.108. The van der Waals surface area contributed by atoms with Gasteiger partial charge < -0.3 is 14.6 Å². The minimum atomic E-state index is -1.64. The maximum absolute atomic E-state index is 13.2. The molecule has 0 saturated heterocycles. The summed E-state index contributed by atoms with van der Waals surface area (Å²) in [5.41, 5.74) is 0.0997. The molecule has 1 saturated carbocycles. The van der Waals surface area contributed by atoms with Crippen molar-refractivity contribution in [2.45, 2.75) is 72.3 Å². The molecular weight excluding hydrogens is 408 g/mol. The molecule has 0 aromatic heterocycles. The lowest BCUT2D eigenvalue weighted by Crippen LogP contribution is -2.55. The number of carbonyl (C=O) groups excluding carboxylic acids is 3. The molecule has 1 aromatic rings. The lowest BCUT2D eigenvalue weighted by molar-refractivity contribution is -0.173. The molecule has 0 bridgehead atoms. The molecule has 1 fully saturated rings. The molecule has 1 aliphatic rings. The normalized spacial score (nSPS) is 26.0. The van der Waals surface area contributed by atoms with Gasteiger partial charge in [-0.15, -0.1) is 0 Å². The summed E-state index contributed by atoms with van der Waals surface area (Å²) in [5.74, 6) is -4.26. The van der Waals surface area contributed by atoms with E-state index >= 15 is 0 Å². The third-order valence-corrected chi connectivity index (χ3v) is 5.88. The van der Waals surface area contributed by atoms with E-state index in [0.717, 1.165) is 5.56 Å². The van der Waals surface area contributed by atoms with Crippen molar-refractivity contribution in [2.24, 2.45) is 23.7 Å². The van der Waals surface area contributed by atoms with E-state index < -0.39 is 41.1 Å². The quantitative estimate of drug-likeness (QED) is 0.474.